The van der Waals surface area contributed by atoms with Crippen LogP contribution in [0.1, 0.15) is 297 Å². The van der Waals surface area contributed by atoms with Gasteiger partial charge in [0.1, 0.15) is 19.3 Å². The second-order valence-electron chi connectivity index (χ2n) is 24.1. The zero-order valence-corrected chi connectivity index (χ0v) is 60.7. The van der Waals surface area contributed by atoms with Crippen molar-refractivity contribution in [1.29, 1.82) is 0 Å². The van der Waals surface area contributed by atoms with Gasteiger partial charge in [0.2, 0.25) is 0 Å². The average molecular weight is 1370 g/mol. The molecule has 0 aliphatic carbocycles. The fourth-order valence-electron chi connectivity index (χ4n) is 9.40. The largest absolute Gasteiger partial charge is 0.472 e. The summed E-state index contributed by atoms with van der Waals surface area (Å²) in [5.74, 6) is -2.23. The zero-order chi connectivity index (χ0) is 69.0. The minimum Gasteiger partial charge on any atom is -0.462 e. The monoisotopic (exact) mass is 1360 g/mol. The summed E-state index contributed by atoms with van der Waals surface area (Å²) >= 11 is 0. The highest BCUT2D eigenvalue weighted by Gasteiger charge is 2.30. The molecule has 0 rings (SSSR count). The molecule has 0 aromatic carbocycles. The molecule has 0 aliphatic heterocycles. The topological polar surface area (TPSA) is 237 Å². The van der Waals surface area contributed by atoms with E-state index in [1.807, 2.05) is 0 Å². The van der Waals surface area contributed by atoms with Crippen molar-refractivity contribution in [2.45, 2.75) is 316 Å². The van der Waals surface area contributed by atoms with Crippen LogP contribution in [0.3, 0.4) is 0 Å². The molecular formula is C75H130O17P2. The number of phosphoric acid groups is 2. The Bertz CT molecular complexity index is 2170. The highest BCUT2D eigenvalue weighted by Crippen LogP contribution is 2.45. The molecule has 94 heavy (non-hydrogen) atoms. The van der Waals surface area contributed by atoms with E-state index >= 15 is 0 Å². The molecule has 0 bridgehead atoms. The predicted octanol–water partition coefficient (Wildman–Crippen LogP) is 20.4. The summed E-state index contributed by atoms with van der Waals surface area (Å²) in [6.45, 7) is 4.57. The molecule has 0 aromatic rings. The zero-order valence-electron chi connectivity index (χ0n) is 58.9. The molecule has 0 fully saturated rings. The van der Waals surface area contributed by atoms with Gasteiger partial charge in [-0.25, -0.2) is 9.13 Å². The fourth-order valence-corrected chi connectivity index (χ4v) is 11.0. The molecule has 0 saturated carbocycles. The van der Waals surface area contributed by atoms with E-state index in [0.717, 1.165) is 186 Å². The van der Waals surface area contributed by atoms with Crippen LogP contribution in [0.25, 0.3) is 0 Å². The molecule has 542 valence electrons. The number of carbonyl (C=O) groups excluding carboxylic acids is 4. The first-order valence-electron chi connectivity index (χ1n) is 36.5. The van der Waals surface area contributed by atoms with E-state index in [9.17, 15) is 43.2 Å². The van der Waals surface area contributed by atoms with Gasteiger partial charge in [-0.2, -0.15) is 0 Å². The van der Waals surface area contributed by atoms with Gasteiger partial charge in [0.25, 0.3) is 0 Å². The van der Waals surface area contributed by atoms with Crippen LogP contribution < -0.4 is 0 Å². The second-order valence-corrected chi connectivity index (χ2v) is 27.0. The quantitative estimate of drug-likeness (QED) is 0.0169. The molecule has 5 atom stereocenters. The maximum Gasteiger partial charge on any atom is 0.472 e. The first-order valence-corrected chi connectivity index (χ1v) is 39.5. The molecule has 0 aliphatic rings. The Morgan fingerprint density at radius 2 is 0.585 bits per heavy atom. The molecule has 17 nitrogen and oxygen atoms in total. The summed E-state index contributed by atoms with van der Waals surface area (Å²) in [6, 6.07) is 0. The van der Waals surface area contributed by atoms with Gasteiger partial charge in [0.15, 0.2) is 12.2 Å². The number of carbonyl (C=O) groups is 4. The molecule has 0 spiro atoms. The number of aliphatic hydroxyl groups is 1. The third-order valence-corrected chi connectivity index (χ3v) is 16.9. The standard InChI is InChI=1S/C75H130O17P2/c1-5-9-13-17-21-25-29-32-34-37-40-43-47-51-55-59-72(77)85-65-70(91-74(79)61-57-53-49-45-39-28-24-20-16-12-8-4)67-89-93(81,82)87-63-69(76)64-88-94(83,84)90-68-71(92-75(80)62-58-54-50-46-42-36-31-27-23-19-15-11-7-3)66-86-73(78)60-56-52-48-44-41-38-35-33-30-26-22-18-14-10-6-2/h10,14-15,19-22,24-27,31-35,69-71,76H,5-9,11-13,16-18,23,28-30,36-68H2,1-4H3,(H,81,82)(H,83,84)/b14-10-,19-15-,24-20-,25-21-,26-22-,31-27-,34-32-,35-33-. The number of phosphoric ester groups is 2. The van der Waals surface area contributed by atoms with Crippen molar-refractivity contribution in [3.8, 4) is 0 Å². The van der Waals surface area contributed by atoms with Crippen molar-refractivity contribution < 1.29 is 80.2 Å². The lowest BCUT2D eigenvalue weighted by Crippen LogP contribution is -2.30. The SMILES string of the molecule is CC/C=C\C/C=C\C/C=C\CCCCCCCC(=O)OCC(COP(=O)(O)OCC(O)COP(=O)(O)OCC(COC(=O)CCCCCCC/C=C\C/C=C\CCCCC)OC(=O)CCCCCCC/C=C\CCCC)OC(=O)CCCCCCC/C=C\C/C=C\CCC. The van der Waals surface area contributed by atoms with Crippen molar-refractivity contribution in [3.05, 3.63) is 97.2 Å². The van der Waals surface area contributed by atoms with Crippen molar-refractivity contribution in [2.24, 2.45) is 0 Å². The Labute approximate surface area is 569 Å². The number of esters is 4. The van der Waals surface area contributed by atoms with Crippen LogP contribution in [-0.2, 0) is 65.4 Å². The van der Waals surface area contributed by atoms with Crippen LogP contribution >= 0.6 is 15.6 Å². The Hall–Kier alpha value is -4.02. The Morgan fingerprint density at radius 3 is 0.936 bits per heavy atom. The van der Waals surface area contributed by atoms with E-state index in [0.29, 0.717) is 25.7 Å². The molecular weight excluding hydrogens is 1230 g/mol. The van der Waals surface area contributed by atoms with Crippen LogP contribution in [0.4, 0.5) is 0 Å². The van der Waals surface area contributed by atoms with Crippen molar-refractivity contribution in [3.63, 3.8) is 0 Å². The molecule has 0 heterocycles. The van der Waals surface area contributed by atoms with Gasteiger partial charge >= 0.3 is 39.5 Å². The molecule has 0 radical (unpaired) electrons. The highest BCUT2D eigenvalue weighted by atomic mass is 31.2. The van der Waals surface area contributed by atoms with E-state index in [4.69, 9.17) is 37.0 Å². The molecule has 3 N–H and O–H groups in total. The summed E-state index contributed by atoms with van der Waals surface area (Å²) < 4.78 is 68.3. The van der Waals surface area contributed by atoms with Gasteiger partial charge in [-0.3, -0.25) is 37.3 Å². The van der Waals surface area contributed by atoms with Gasteiger partial charge < -0.3 is 33.8 Å². The van der Waals surface area contributed by atoms with E-state index in [2.05, 4.69) is 125 Å². The van der Waals surface area contributed by atoms with Crippen molar-refractivity contribution in [1.82, 2.24) is 0 Å². The van der Waals surface area contributed by atoms with Gasteiger partial charge in [-0.15, -0.1) is 0 Å². The summed E-state index contributed by atoms with van der Waals surface area (Å²) in [6.07, 6.45) is 68.4. The minimum absolute atomic E-state index is 0.0740. The van der Waals surface area contributed by atoms with E-state index in [-0.39, 0.29) is 25.7 Å². The Morgan fingerprint density at radius 1 is 0.309 bits per heavy atom. The van der Waals surface area contributed by atoms with Gasteiger partial charge in [0.05, 0.1) is 26.4 Å². The van der Waals surface area contributed by atoms with E-state index in [1.54, 1.807) is 0 Å². The minimum atomic E-state index is -4.98. The number of unbranched alkanes of at least 4 members (excludes halogenated alkanes) is 26. The first-order chi connectivity index (χ1) is 45.7. The van der Waals surface area contributed by atoms with Gasteiger partial charge in [0, 0.05) is 25.7 Å². The normalized spacial score (nSPS) is 14.6. The summed E-state index contributed by atoms with van der Waals surface area (Å²) in [5, 5.41) is 10.6. The summed E-state index contributed by atoms with van der Waals surface area (Å²) in [7, 11) is -9.95. The van der Waals surface area contributed by atoms with Gasteiger partial charge in [-0.1, -0.05) is 234 Å². The molecule has 0 saturated heterocycles. The lowest BCUT2D eigenvalue weighted by atomic mass is 10.1. The molecule has 5 unspecified atom stereocenters. The van der Waals surface area contributed by atoms with Crippen molar-refractivity contribution in [2.75, 3.05) is 39.6 Å². The van der Waals surface area contributed by atoms with Crippen LogP contribution in [0.15, 0.2) is 97.2 Å². The number of rotatable bonds is 68. The highest BCUT2D eigenvalue weighted by molar-refractivity contribution is 7.47. The molecule has 19 heteroatoms. The van der Waals surface area contributed by atoms with Crippen LogP contribution in [0.5, 0.6) is 0 Å². The smallest absolute Gasteiger partial charge is 0.462 e. The third-order valence-electron chi connectivity index (χ3n) is 15.0. The van der Waals surface area contributed by atoms with Crippen molar-refractivity contribution >= 4 is 39.5 Å². The average Bonchev–Trinajstić information content (AvgIpc) is 1.55. The van der Waals surface area contributed by atoms with E-state index in [1.165, 1.54) is 32.1 Å². The number of ether oxygens (including phenoxy) is 4. The number of allylic oxidation sites excluding steroid dienone is 16. The maximum absolute atomic E-state index is 13.0. The van der Waals surface area contributed by atoms with Crippen LogP contribution in [0.2, 0.25) is 0 Å². The number of aliphatic hydroxyl groups excluding tert-OH is 1. The fraction of sp³-hybridized carbons (Fsp3) is 0.733. The first kappa shape index (κ1) is 90.0. The lowest BCUT2D eigenvalue weighted by molar-refractivity contribution is -0.161. The summed E-state index contributed by atoms with van der Waals surface area (Å²) in [4.78, 5) is 72.6. The van der Waals surface area contributed by atoms with Gasteiger partial charge in [-0.05, 0) is 135 Å². The second kappa shape index (κ2) is 67.5. The Kier molecular flexibility index (Phi) is 64.7. The summed E-state index contributed by atoms with van der Waals surface area (Å²) in [5.41, 5.74) is 0. The Balaban J connectivity index is 5.34. The number of hydrogen-bond acceptors (Lipinski definition) is 15. The molecule has 0 aromatic heterocycles. The maximum atomic E-state index is 13.0. The van der Waals surface area contributed by atoms with E-state index < -0.39 is 97.5 Å². The van der Waals surface area contributed by atoms with Crippen LogP contribution in [-0.4, -0.2) is 96.7 Å². The number of hydrogen-bond donors (Lipinski definition) is 3. The predicted molar refractivity (Wildman–Crippen MR) is 381 cm³/mol. The lowest BCUT2D eigenvalue weighted by Gasteiger charge is -2.21. The van der Waals surface area contributed by atoms with Crippen LogP contribution in [0, 0.1) is 0 Å². The molecule has 0 amide bonds. The third kappa shape index (κ3) is 66.6.